The smallest absolute Gasteiger partial charge is 0.0133 e. The van der Waals surface area contributed by atoms with Crippen molar-refractivity contribution in [3.8, 4) is 0 Å². The molecule has 0 radical (unpaired) electrons. The number of hydrazine groups is 1. The summed E-state index contributed by atoms with van der Waals surface area (Å²) in [6.07, 6.45) is 2.77. The molecule has 0 aliphatic carbocycles. The largest absolute Gasteiger partial charge is 0.242 e. The maximum absolute atomic E-state index is 2.47. The molecule has 0 saturated carbocycles. The van der Waals surface area contributed by atoms with Crippen molar-refractivity contribution >= 4 is 0 Å². The molecule has 2 heteroatoms. The Hall–Kier alpha value is -0.0800. The highest BCUT2D eigenvalue weighted by Crippen LogP contribution is 2.09. The first kappa shape index (κ1) is 8.02. The maximum atomic E-state index is 2.47. The molecule has 1 rings (SSSR count). The number of hydrogen-bond donors (Lipinski definition) is 0. The van der Waals surface area contributed by atoms with Crippen LogP contribution >= 0.6 is 0 Å². The third kappa shape index (κ3) is 1.70. The summed E-state index contributed by atoms with van der Waals surface area (Å²) in [4.78, 5) is 0. The summed E-state index contributed by atoms with van der Waals surface area (Å²) < 4.78 is 0. The van der Waals surface area contributed by atoms with E-state index in [1.54, 1.807) is 0 Å². The fraction of sp³-hybridized carbons (Fsp3) is 1.00. The topological polar surface area (TPSA) is 6.48 Å². The van der Waals surface area contributed by atoms with Crippen molar-refractivity contribution in [2.75, 3.05) is 26.2 Å². The molecule has 0 unspecified atom stereocenters. The van der Waals surface area contributed by atoms with E-state index in [9.17, 15) is 0 Å². The van der Waals surface area contributed by atoms with Crippen LogP contribution in [0.3, 0.4) is 0 Å². The summed E-state index contributed by atoms with van der Waals surface area (Å²) in [6, 6.07) is 0. The van der Waals surface area contributed by atoms with Gasteiger partial charge in [-0.05, 0) is 12.8 Å². The van der Waals surface area contributed by atoms with Crippen molar-refractivity contribution in [3.05, 3.63) is 0 Å². The second-order valence-electron chi connectivity index (χ2n) is 2.80. The molecule has 60 valence electrons. The van der Waals surface area contributed by atoms with Crippen molar-refractivity contribution in [3.63, 3.8) is 0 Å². The van der Waals surface area contributed by atoms with E-state index >= 15 is 0 Å². The minimum atomic E-state index is 1.16. The van der Waals surface area contributed by atoms with Crippen LogP contribution in [0.2, 0.25) is 0 Å². The Morgan fingerprint density at radius 2 is 1.60 bits per heavy atom. The summed E-state index contributed by atoms with van der Waals surface area (Å²) in [5.41, 5.74) is 0. The van der Waals surface area contributed by atoms with Gasteiger partial charge in [0.1, 0.15) is 0 Å². The molecular weight excluding hydrogens is 124 g/mol. The van der Waals surface area contributed by atoms with Gasteiger partial charge in [0.05, 0.1) is 0 Å². The average molecular weight is 142 g/mol. The third-order valence-corrected chi connectivity index (χ3v) is 2.21. The van der Waals surface area contributed by atoms with Gasteiger partial charge in [0.2, 0.25) is 0 Å². The quantitative estimate of drug-likeness (QED) is 0.586. The van der Waals surface area contributed by atoms with Gasteiger partial charge in [0.25, 0.3) is 0 Å². The summed E-state index contributed by atoms with van der Waals surface area (Å²) >= 11 is 0. The van der Waals surface area contributed by atoms with E-state index < -0.39 is 0 Å². The number of hydrogen-bond acceptors (Lipinski definition) is 2. The molecule has 0 amide bonds. The van der Waals surface area contributed by atoms with Crippen LogP contribution in [0.4, 0.5) is 0 Å². The normalized spacial score (nSPS) is 20.7. The summed E-state index contributed by atoms with van der Waals surface area (Å²) in [5, 5.41) is 4.90. The van der Waals surface area contributed by atoms with Crippen LogP contribution in [0.5, 0.6) is 0 Å². The van der Waals surface area contributed by atoms with Crippen LogP contribution in [0.1, 0.15) is 26.7 Å². The first-order valence-corrected chi connectivity index (χ1v) is 4.38. The van der Waals surface area contributed by atoms with Gasteiger partial charge in [-0.2, -0.15) is 0 Å². The van der Waals surface area contributed by atoms with Crippen molar-refractivity contribution < 1.29 is 0 Å². The lowest BCUT2D eigenvalue weighted by atomic mass is 10.4. The Balaban J connectivity index is 2.29. The molecule has 0 spiro atoms. The van der Waals surface area contributed by atoms with Crippen LogP contribution in [0.25, 0.3) is 0 Å². The van der Waals surface area contributed by atoms with Crippen molar-refractivity contribution in [2.24, 2.45) is 0 Å². The Labute approximate surface area is 63.8 Å². The molecular formula is C8H18N2. The Kier molecular flexibility index (Phi) is 3.16. The fourth-order valence-electron chi connectivity index (χ4n) is 1.61. The molecule has 0 aromatic carbocycles. The predicted octanol–water partition coefficient (Wildman–Crippen LogP) is 1.34. The Morgan fingerprint density at radius 1 is 1.10 bits per heavy atom. The molecule has 0 aromatic rings. The van der Waals surface area contributed by atoms with E-state index in [0.29, 0.717) is 0 Å². The standard InChI is InChI=1S/C8H18N2/c1-3-9(4-2)10-7-5-6-8-10/h3-8H2,1-2H3. The van der Waals surface area contributed by atoms with Crippen molar-refractivity contribution in [1.82, 2.24) is 10.0 Å². The minimum absolute atomic E-state index is 1.16. The van der Waals surface area contributed by atoms with Crippen LogP contribution in [-0.2, 0) is 0 Å². The first-order valence-electron chi connectivity index (χ1n) is 4.38. The van der Waals surface area contributed by atoms with E-state index in [4.69, 9.17) is 0 Å². The van der Waals surface area contributed by atoms with Crippen molar-refractivity contribution in [2.45, 2.75) is 26.7 Å². The Morgan fingerprint density at radius 3 is 2.00 bits per heavy atom. The van der Waals surface area contributed by atoms with E-state index in [1.165, 1.54) is 25.9 Å². The van der Waals surface area contributed by atoms with Crippen LogP contribution in [-0.4, -0.2) is 36.2 Å². The SMILES string of the molecule is CCN(CC)N1CCCC1. The van der Waals surface area contributed by atoms with Gasteiger partial charge in [-0.15, -0.1) is 0 Å². The van der Waals surface area contributed by atoms with E-state index in [1.807, 2.05) is 0 Å². The van der Waals surface area contributed by atoms with Gasteiger partial charge in [0.15, 0.2) is 0 Å². The molecule has 1 saturated heterocycles. The second-order valence-corrected chi connectivity index (χ2v) is 2.80. The molecule has 0 bridgehead atoms. The zero-order chi connectivity index (χ0) is 7.40. The maximum Gasteiger partial charge on any atom is 0.0133 e. The van der Waals surface area contributed by atoms with Crippen LogP contribution in [0.15, 0.2) is 0 Å². The molecule has 0 atom stereocenters. The lowest BCUT2D eigenvalue weighted by Gasteiger charge is -2.28. The first-order chi connectivity index (χ1) is 4.88. The highest BCUT2D eigenvalue weighted by molar-refractivity contribution is 4.63. The number of nitrogens with zero attached hydrogens (tertiary/aromatic N) is 2. The lowest BCUT2D eigenvalue weighted by molar-refractivity contribution is 0.00731. The molecule has 0 aromatic heterocycles. The summed E-state index contributed by atoms with van der Waals surface area (Å²) in [7, 11) is 0. The third-order valence-electron chi connectivity index (χ3n) is 2.21. The molecule has 1 aliphatic rings. The molecule has 2 nitrogen and oxygen atoms in total. The minimum Gasteiger partial charge on any atom is -0.242 e. The van der Waals surface area contributed by atoms with Gasteiger partial charge in [0, 0.05) is 26.2 Å². The highest BCUT2D eigenvalue weighted by atomic mass is 15.6. The summed E-state index contributed by atoms with van der Waals surface area (Å²) in [5.74, 6) is 0. The fourth-order valence-corrected chi connectivity index (χ4v) is 1.61. The van der Waals surface area contributed by atoms with Gasteiger partial charge in [-0.1, -0.05) is 13.8 Å². The second kappa shape index (κ2) is 3.94. The van der Waals surface area contributed by atoms with Gasteiger partial charge < -0.3 is 0 Å². The van der Waals surface area contributed by atoms with Crippen molar-refractivity contribution in [1.29, 1.82) is 0 Å². The molecule has 10 heavy (non-hydrogen) atoms. The lowest BCUT2D eigenvalue weighted by Crippen LogP contribution is -2.40. The molecule has 0 N–H and O–H groups in total. The average Bonchev–Trinajstić information content (AvgIpc) is 2.43. The van der Waals surface area contributed by atoms with E-state index in [-0.39, 0.29) is 0 Å². The van der Waals surface area contributed by atoms with E-state index in [2.05, 4.69) is 23.9 Å². The molecule has 1 heterocycles. The van der Waals surface area contributed by atoms with Gasteiger partial charge in [-0.3, -0.25) is 0 Å². The highest BCUT2D eigenvalue weighted by Gasteiger charge is 2.15. The zero-order valence-corrected chi connectivity index (χ0v) is 7.14. The van der Waals surface area contributed by atoms with Crippen LogP contribution < -0.4 is 0 Å². The summed E-state index contributed by atoms with van der Waals surface area (Å²) in [6.45, 7) is 9.33. The monoisotopic (exact) mass is 142 g/mol. The zero-order valence-electron chi connectivity index (χ0n) is 7.14. The molecule has 1 aliphatic heterocycles. The molecule has 1 fully saturated rings. The Bertz CT molecular complexity index is 83.3. The van der Waals surface area contributed by atoms with E-state index in [0.717, 1.165) is 13.1 Å². The number of rotatable bonds is 3. The van der Waals surface area contributed by atoms with Crippen LogP contribution in [0, 0.1) is 0 Å². The van der Waals surface area contributed by atoms with Gasteiger partial charge in [-0.25, -0.2) is 10.0 Å². The predicted molar refractivity (Wildman–Crippen MR) is 43.7 cm³/mol. The van der Waals surface area contributed by atoms with Gasteiger partial charge >= 0.3 is 0 Å².